The first-order valence-electron chi connectivity index (χ1n) is 4.70. The zero-order valence-corrected chi connectivity index (χ0v) is 14.8. The van der Waals surface area contributed by atoms with E-state index in [4.69, 9.17) is 46.4 Å². The summed E-state index contributed by atoms with van der Waals surface area (Å²) in [7, 11) is 0. The summed E-state index contributed by atoms with van der Waals surface area (Å²) in [6.07, 6.45) is 0. The summed E-state index contributed by atoms with van der Waals surface area (Å²) in [6.45, 7) is 0. The highest BCUT2D eigenvalue weighted by molar-refractivity contribution is 9.11. The van der Waals surface area contributed by atoms with Crippen LogP contribution in [0.15, 0.2) is 33.2 Å². The molecule has 0 aliphatic carbocycles. The van der Waals surface area contributed by atoms with Crippen molar-refractivity contribution in [2.24, 2.45) is 0 Å². The normalized spacial score (nSPS) is 10.8. The molecule has 0 heterocycles. The number of rotatable bonds is 1. The van der Waals surface area contributed by atoms with Gasteiger partial charge in [-0.05, 0) is 56.1 Å². The second kappa shape index (κ2) is 5.90. The van der Waals surface area contributed by atoms with Crippen LogP contribution in [0.5, 0.6) is 0 Å². The zero-order valence-electron chi connectivity index (χ0n) is 8.58. The van der Waals surface area contributed by atoms with Crippen LogP contribution in [0, 0.1) is 0 Å². The number of halogens is 6. The molecule has 18 heavy (non-hydrogen) atoms. The molecule has 2 aromatic carbocycles. The Kier molecular flexibility index (Phi) is 4.91. The Labute approximate surface area is 141 Å². The van der Waals surface area contributed by atoms with Gasteiger partial charge in [0.1, 0.15) is 0 Å². The molecule has 6 heteroatoms. The topological polar surface area (TPSA) is 0 Å². The number of hydrogen-bond acceptors (Lipinski definition) is 0. The van der Waals surface area contributed by atoms with Crippen molar-refractivity contribution in [3.63, 3.8) is 0 Å². The fraction of sp³-hybridized carbons (Fsp3) is 0. The molecule has 0 radical (unpaired) electrons. The van der Waals surface area contributed by atoms with Crippen LogP contribution in [0.1, 0.15) is 0 Å². The largest absolute Gasteiger partial charge is 0.0843 e. The van der Waals surface area contributed by atoms with Gasteiger partial charge in [0.05, 0.1) is 10.0 Å². The second-order valence-corrected chi connectivity index (χ2v) is 6.71. The molecule has 0 saturated carbocycles. The molecule has 0 fully saturated rings. The third kappa shape index (κ3) is 2.84. The van der Waals surface area contributed by atoms with Gasteiger partial charge in [-0.25, -0.2) is 0 Å². The molecule has 2 rings (SSSR count). The molecular formula is C12H4Br2Cl4. The Hall–Kier alpha value is 0.560. The smallest absolute Gasteiger partial charge is 0.0569 e. The summed E-state index contributed by atoms with van der Waals surface area (Å²) in [5, 5.41) is 2.17. The molecule has 0 spiro atoms. The minimum Gasteiger partial charge on any atom is -0.0843 e. The molecular weight excluding hydrogens is 446 g/mol. The molecule has 0 amide bonds. The summed E-state index contributed by atoms with van der Waals surface area (Å²) in [5.41, 5.74) is 1.53. The first kappa shape index (κ1) is 15.0. The van der Waals surface area contributed by atoms with Crippen molar-refractivity contribution in [3.05, 3.63) is 53.3 Å². The Bertz CT molecular complexity index is 626. The first-order valence-corrected chi connectivity index (χ1v) is 7.80. The lowest BCUT2D eigenvalue weighted by atomic mass is 10.1. The summed E-state index contributed by atoms with van der Waals surface area (Å²) >= 11 is 31.3. The summed E-state index contributed by atoms with van der Waals surface area (Å²) < 4.78 is 1.43. The van der Waals surface area contributed by atoms with Crippen LogP contribution in [0.3, 0.4) is 0 Å². The summed E-state index contributed by atoms with van der Waals surface area (Å²) in [6, 6.07) is 6.88. The molecule has 0 nitrogen and oxygen atoms in total. The second-order valence-electron chi connectivity index (χ2n) is 3.47. The van der Waals surface area contributed by atoms with Gasteiger partial charge in [-0.15, -0.1) is 0 Å². The van der Waals surface area contributed by atoms with Gasteiger partial charge in [-0.2, -0.15) is 0 Å². The van der Waals surface area contributed by atoms with Crippen molar-refractivity contribution in [2.45, 2.75) is 0 Å². The summed E-state index contributed by atoms with van der Waals surface area (Å²) in [5.74, 6) is 0. The van der Waals surface area contributed by atoms with E-state index in [1.165, 1.54) is 0 Å². The Morgan fingerprint density at radius 3 is 2.00 bits per heavy atom. The van der Waals surface area contributed by atoms with Crippen molar-refractivity contribution in [2.75, 3.05) is 0 Å². The van der Waals surface area contributed by atoms with Gasteiger partial charge in [0, 0.05) is 30.1 Å². The van der Waals surface area contributed by atoms with Crippen LogP contribution in [0.4, 0.5) is 0 Å². The van der Waals surface area contributed by atoms with E-state index >= 15 is 0 Å². The van der Waals surface area contributed by atoms with E-state index in [0.717, 1.165) is 15.6 Å². The maximum absolute atomic E-state index is 6.22. The predicted molar refractivity (Wildman–Crippen MR) is 87.3 cm³/mol. The van der Waals surface area contributed by atoms with E-state index in [0.29, 0.717) is 24.6 Å². The van der Waals surface area contributed by atoms with Crippen molar-refractivity contribution < 1.29 is 0 Å². The van der Waals surface area contributed by atoms with Crippen LogP contribution in [-0.4, -0.2) is 0 Å². The Morgan fingerprint density at radius 2 is 1.33 bits per heavy atom. The van der Waals surface area contributed by atoms with Crippen LogP contribution in [-0.2, 0) is 0 Å². The van der Waals surface area contributed by atoms with Gasteiger partial charge < -0.3 is 0 Å². The quantitative estimate of drug-likeness (QED) is 0.396. The molecule has 2 aromatic rings. The van der Waals surface area contributed by atoms with Crippen molar-refractivity contribution >= 4 is 78.3 Å². The standard InChI is InChI=1S/C12H4Br2Cl4/c13-11-6(3-5(15)4-9(11)18)10-7(16)1-2-8(17)12(10)14/h1-4H. The lowest BCUT2D eigenvalue weighted by Crippen LogP contribution is -1.86. The van der Waals surface area contributed by atoms with Crippen molar-refractivity contribution in [1.29, 1.82) is 0 Å². The molecule has 0 N–H and O–H groups in total. The van der Waals surface area contributed by atoms with E-state index in [1.807, 2.05) is 0 Å². The Morgan fingerprint density at radius 1 is 0.722 bits per heavy atom. The first-order chi connectivity index (χ1) is 8.41. The fourth-order valence-electron chi connectivity index (χ4n) is 1.51. The van der Waals surface area contributed by atoms with Gasteiger partial charge in [-0.3, -0.25) is 0 Å². The molecule has 0 unspecified atom stereocenters. The predicted octanol–water partition coefficient (Wildman–Crippen LogP) is 7.49. The maximum Gasteiger partial charge on any atom is 0.0569 e. The van der Waals surface area contributed by atoms with Gasteiger partial charge in [0.2, 0.25) is 0 Å². The highest BCUT2D eigenvalue weighted by Crippen LogP contribution is 2.44. The minimum absolute atomic E-state index is 0.514. The molecule has 0 aliphatic heterocycles. The van der Waals surface area contributed by atoms with Crippen LogP contribution in [0.25, 0.3) is 11.1 Å². The van der Waals surface area contributed by atoms with Crippen molar-refractivity contribution in [1.82, 2.24) is 0 Å². The highest BCUT2D eigenvalue weighted by atomic mass is 79.9. The lowest BCUT2D eigenvalue weighted by molar-refractivity contribution is 1.55. The molecule has 0 bridgehead atoms. The fourth-order valence-corrected chi connectivity index (χ4v) is 3.52. The van der Waals surface area contributed by atoms with Crippen molar-refractivity contribution in [3.8, 4) is 11.1 Å². The monoisotopic (exact) mass is 446 g/mol. The van der Waals surface area contributed by atoms with E-state index < -0.39 is 0 Å². The van der Waals surface area contributed by atoms with Gasteiger partial charge in [-0.1, -0.05) is 46.4 Å². The van der Waals surface area contributed by atoms with Gasteiger partial charge >= 0.3 is 0 Å². The van der Waals surface area contributed by atoms with E-state index in [2.05, 4.69) is 31.9 Å². The van der Waals surface area contributed by atoms with Gasteiger partial charge in [0.25, 0.3) is 0 Å². The molecule has 94 valence electrons. The molecule has 0 atom stereocenters. The number of benzene rings is 2. The molecule has 0 aliphatic rings. The maximum atomic E-state index is 6.22. The average Bonchev–Trinajstić information content (AvgIpc) is 2.30. The SMILES string of the molecule is Clc1cc(Cl)c(Br)c(-c2c(Cl)ccc(Cl)c2Br)c1. The molecule has 0 aromatic heterocycles. The van der Waals surface area contributed by atoms with E-state index in [1.54, 1.807) is 24.3 Å². The van der Waals surface area contributed by atoms with Crippen LogP contribution in [0.2, 0.25) is 20.1 Å². The lowest BCUT2D eigenvalue weighted by Gasteiger charge is -2.12. The third-order valence-corrected chi connectivity index (χ3v) is 5.59. The summed E-state index contributed by atoms with van der Waals surface area (Å²) in [4.78, 5) is 0. The average molecular weight is 450 g/mol. The Balaban J connectivity index is 2.81. The van der Waals surface area contributed by atoms with E-state index in [9.17, 15) is 0 Å². The van der Waals surface area contributed by atoms with E-state index in [-0.39, 0.29) is 0 Å². The van der Waals surface area contributed by atoms with Crippen LogP contribution >= 0.6 is 78.3 Å². The number of hydrogen-bond donors (Lipinski definition) is 0. The highest BCUT2D eigenvalue weighted by Gasteiger charge is 2.16. The zero-order chi connectivity index (χ0) is 13.4. The van der Waals surface area contributed by atoms with Crippen LogP contribution < -0.4 is 0 Å². The molecule has 0 saturated heterocycles. The third-order valence-electron chi connectivity index (χ3n) is 2.31. The van der Waals surface area contributed by atoms with Gasteiger partial charge in [0.15, 0.2) is 0 Å². The minimum atomic E-state index is 0.514.